The molecule has 13 heavy (non-hydrogen) atoms. The molecular formula is C9H19N3O. The van der Waals surface area contributed by atoms with E-state index in [1.54, 1.807) is 0 Å². The monoisotopic (exact) mass is 185 g/mol. The van der Waals surface area contributed by atoms with Gasteiger partial charge in [0.25, 0.3) is 0 Å². The standard InChI is InChI=1S/C9H19N3O/c1-6-9(2,3)12(4)5-7(11-6)8(10)13/h6-7,11H,5H2,1-4H3,(H2,10,13). The summed E-state index contributed by atoms with van der Waals surface area (Å²) in [6.07, 6.45) is 0. The molecule has 1 rings (SSSR count). The highest BCUT2D eigenvalue weighted by atomic mass is 16.1. The Hall–Kier alpha value is -0.610. The van der Waals surface area contributed by atoms with E-state index in [9.17, 15) is 4.79 Å². The summed E-state index contributed by atoms with van der Waals surface area (Å²) in [5.74, 6) is -0.269. The van der Waals surface area contributed by atoms with Crippen molar-refractivity contribution in [3.8, 4) is 0 Å². The first-order valence-corrected chi connectivity index (χ1v) is 4.62. The fourth-order valence-corrected chi connectivity index (χ4v) is 1.57. The van der Waals surface area contributed by atoms with Crippen molar-refractivity contribution in [3.63, 3.8) is 0 Å². The lowest BCUT2D eigenvalue weighted by Gasteiger charge is -2.47. The number of likely N-dealkylation sites (N-methyl/N-ethyl adjacent to an activating group) is 1. The van der Waals surface area contributed by atoms with Crippen LogP contribution in [0.5, 0.6) is 0 Å². The second-order valence-electron chi connectivity index (χ2n) is 4.38. The summed E-state index contributed by atoms with van der Waals surface area (Å²) in [6, 6.07) is 0.0526. The van der Waals surface area contributed by atoms with Gasteiger partial charge >= 0.3 is 0 Å². The zero-order valence-electron chi connectivity index (χ0n) is 8.79. The number of carbonyl (C=O) groups is 1. The van der Waals surface area contributed by atoms with Crippen molar-refractivity contribution in [1.82, 2.24) is 10.2 Å². The molecule has 0 aliphatic carbocycles. The smallest absolute Gasteiger partial charge is 0.235 e. The lowest BCUT2D eigenvalue weighted by atomic mass is 9.90. The van der Waals surface area contributed by atoms with E-state index in [1.807, 2.05) is 7.05 Å². The van der Waals surface area contributed by atoms with Gasteiger partial charge in [-0.3, -0.25) is 9.69 Å². The van der Waals surface area contributed by atoms with Gasteiger partial charge in [-0.15, -0.1) is 0 Å². The molecule has 1 aliphatic rings. The van der Waals surface area contributed by atoms with Crippen molar-refractivity contribution < 1.29 is 4.79 Å². The molecular weight excluding hydrogens is 166 g/mol. The Bertz CT molecular complexity index is 201. The number of hydrogen-bond acceptors (Lipinski definition) is 3. The third kappa shape index (κ3) is 1.84. The maximum Gasteiger partial charge on any atom is 0.235 e. The minimum absolute atomic E-state index is 0.0753. The molecule has 0 aromatic rings. The zero-order chi connectivity index (χ0) is 10.2. The Morgan fingerprint density at radius 2 is 2.15 bits per heavy atom. The van der Waals surface area contributed by atoms with Gasteiger partial charge in [0.15, 0.2) is 0 Å². The fourth-order valence-electron chi connectivity index (χ4n) is 1.57. The van der Waals surface area contributed by atoms with Crippen molar-refractivity contribution >= 4 is 5.91 Å². The number of primary amides is 1. The second-order valence-corrected chi connectivity index (χ2v) is 4.38. The number of nitrogens with one attached hydrogen (secondary N) is 1. The van der Waals surface area contributed by atoms with Crippen LogP contribution in [0.1, 0.15) is 20.8 Å². The SMILES string of the molecule is CC1NC(C(N)=O)CN(C)C1(C)C. The molecule has 0 radical (unpaired) electrons. The highest BCUT2D eigenvalue weighted by molar-refractivity contribution is 5.80. The molecule has 0 bridgehead atoms. The Balaban J connectivity index is 2.73. The maximum atomic E-state index is 11.0. The highest BCUT2D eigenvalue weighted by Gasteiger charge is 2.38. The molecule has 0 aromatic carbocycles. The first kappa shape index (κ1) is 10.5. The largest absolute Gasteiger partial charge is 0.368 e. The van der Waals surface area contributed by atoms with Gasteiger partial charge in [0.1, 0.15) is 0 Å². The first-order chi connectivity index (χ1) is 5.85. The quantitative estimate of drug-likeness (QED) is 0.581. The summed E-state index contributed by atoms with van der Waals surface area (Å²) < 4.78 is 0. The first-order valence-electron chi connectivity index (χ1n) is 4.62. The van der Waals surface area contributed by atoms with Crippen LogP contribution in [-0.4, -0.2) is 42.0 Å². The van der Waals surface area contributed by atoms with Crippen molar-refractivity contribution in [2.45, 2.75) is 38.4 Å². The molecule has 1 aliphatic heterocycles. The lowest BCUT2D eigenvalue weighted by Crippen LogP contribution is -2.68. The molecule has 76 valence electrons. The molecule has 0 aromatic heterocycles. The predicted octanol–water partition coefficient (Wildman–Crippen LogP) is -0.458. The Labute approximate surface area is 79.5 Å². The van der Waals surface area contributed by atoms with Crippen molar-refractivity contribution in [3.05, 3.63) is 0 Å². The van der Waals surface area contributed by atoms with Gasteiger partial charge in [-0.05, 0) is 27.8 Å². The van der Waals surface area contributed by atoms with E-state index in [-0.39, 0.29) is 23.5 Å². The van der Waals surface area contributed by atoms with Crippen LogP contribution in [0.25, 0.3) is 0 Å². The zero-order valence-corrected chi connectivity index (χ0v) is 8.79. The van der Waals surface area contributed by atoms with E-state index >= 15 is 0 Å². The van der Waals surface area contributed by atoms with E-state index in [1.165, 1.54) is 0 Å². The summed E-state index contributed by atoms with van der Waals surface area (Å²) in [5.41, 5.74) is 5.33. The molecule has 0 spiro atoms. The maximum absolute atomic E-state index is 11.0. The van der Waals surface area contributed by atoms with E-state index in [4.69, 9.17) is 5.73 Å². The molecule has 1 fully saturated rings. The van der Waals surface area contributed by atoms with E-state index in [2.05, 4.69) is 31.0 Å². The summed E-state index contributed by atoms with van der Waals surface area (Å²) in [7, 11) is 2.02. The molecule has 1 saturated heterocycles. The molecule has 2 unspecified atom stereocenters. The van der Waals surface area contributed by atoms with Gasteiger partial charge in [0.05, 0.1) is 6.04 Å². The van der Waals surface area contributed by atoms with E-state index in [0.29, 0.717) is 6.54 Å². The molecule has 1 heterocycles. The minimum Gasteiger partial charge on any atom is -0.368 e. The number of amides is 1. The number of hydrogen-bond donors (Lipinski definition) is 2. The molecule has 0 saturated carbocycles. The number of rotatable bonds is 1. The fraction of sp³-hybridized carbons (Fsp3) is 0.889. The van der Waals surface area contributed by atoms with Gasteiger partial charge in [-0.2, -0.15) is 0 Å². The van der Waals surface area contributed by atoms with Crippen molar-refractivity contribution in [1.29, 1.82) is 0 Å². The predicted molar refractivity (Wildman–Crippen MR) is 52.3 cm³/mol. The van der Waals surface area contributed by atoms with Gasteiger partial charge in [0, 0.05) is 18.1 Å². The lowest BCUT2D eigenvalue weighted by molar-refractivity contribution is -0.122. The number of carbonyl (C=O) groups excluding carboxylic acids is 1. The number of nitrogens with zero attached hydrogens (tertiary/aromatic N) is 1. The molecule has 4 heteroatoms. The number of piperazine rings is 1. The van der Waals surface area contributed by atoms with Crippen LogP contribution >= 0.6 is 0 Å². The van der Waals surface area contributed by atoms with Gasteiger partial charge in [0.2, 0.25) is 5.91 Å². The minimum atomic E-state index is -0.269. The van der Waals surface area contributed by atoms with Gasteiger partial charge < -0.3 is 11.1 Å². The van der Waals surface area contributed by atoms with Crippen LogP contribution in [0.3, 0.4) is 0 Å². The molecule has 2 atom stereocenters. The van der Waals surface area contributed by atoms with Gasteiger partial charge in [-0.1, -0.05) is 0 Å². The normalized spacial score (nSPS) is 34.5. The topological polar surface area (TPSA) is 58.4 Å². The summed E-state index contributed by atoms with van der Waals surface area (Å²) in [4.78, 5) is 13.2. The highest BCUT2D eigenvalue weighted by Crippen LogP contribution is 2.21. The third-order valence-electron chi connectivity index (χ3n) is 3.29. The van der Waals surface area contributed by atoms with Crippen LogP contribution < -0.4 is 11.1 Å². The summed E-state index contributed by atoms with van der Waals surface area (Å²) >= 11 is 0. The van der Waals surface area contributed by atoms with Crippen LogP contribution in [0.4, 0.5) is 0 Å². The number of nitrogens with two attached hydrogens (primary N) is 1. The Morgan fingerprint density at radius 3 is 2.54 bits per heavy atom. The Morgan fingerprint density at radius 1 is 1.62 bits per heavy atom. The van der Waals surface area contributed by atoms with E-state index < -0.39 is 0 Å². The summed E-state index contributed by atoms with van der Waals surface area (Å²) in [5, 5.41) is 3.22. The summed E-state index contributed by atoms with van der Waals surface area (Å²) in [6.45, 7) is 7.07. The average molecular weight is 185 g/mol. The van der Waals surface area contributed by atoms with E-state index in [0.717, 1.165) is 0 Å². The van der Waals surface area contributed by atoms with Crippen LogP contribution in [0.15, 0.2) is 0 Å². The molecule has 3 N–H and O–H groups in total. The molecule has 1 amide bonds. The van der Waals surface area contributed by atoms with Crippen molar-refractivity contribution in [2.75, 3.05) is 13.6 Å². The van der Waals surface area contributed by atoms with Crippen LogP contribution in [-0.2, 0) is 4.79 Å². The Kier molecular flexibility index (Phi) is 2.63. The second kappa shape index (κ2) is 3.27. The molecule has 4 nitrogen and oxygen atoms in total. The van der Waals surface area contributed by atoms with Crippen molar-refractivity contribution in [2.24, 2.45) is 5.73 Å². The van der Waals surface area contributed by atoms with Gasteiger partial charge in [-0.25, -0.2) is 0 Å². The third-order valence-corrected chi connectivity index (χ3v) is 3.29. The van der Waals surface area contributed by atoms with Crippen LogP contribution in [0, 0.1) is 0 Å². The van der Waals surface area contributed by atoms with Crippen LogP contribution in [0.2, 0.25) is 0 Å². The average Bonchev–Trinajstić information content (AvgIpc) is 2.00.